The first-order valence-corrected chi connectivity index (χ1v) is 9.01. The van der Waals surface area contributed by atoms with Crippen molar-refractivity contribution in [1.82, 2.24) is 0 Å². The Morgan fingerprint density at radius 2 is 2.08 bits per heavy atom. The highest BCUT2D eigenvalue weighted by Gasteiger charge is 2.43. The van der Waals surface area contributed by atoms with Crippen molar-refractivity contribution in [2.45, 2.75) is 37.3 Å². The molecule has 1 saturated heterocycles. The molecule has 132 valence electrons. The highest BCUT2D eigenvalue weighted by molar-refractivity contribution is 7.99. The van der Waals surface area contributed by atoms with Crippen LogP contribution in [0.5, 0.6) is 5.75 Å². The monoisotopic (exact) mass is 353 g/mol. The maximum Gasteiger partial charge on any atom is 0.118 e. The maximum atomic E-state index is 10.6. The summed E-state index contributed by atoms with van der Waals surface area (Å²) < 4.78 is 17.0. The summed E-state index contributed by atoms with van der Waals surface area (Å²) in [6.07, 6.45) is 0.226. The Balaban J connectivity index is 2.06. The SMILES string of the molecule is COc1ccc(CO[C@@H]2C(CN=[N+]=[N-])O[C@@H](SC)C(C)[C@H]2O)cc1. The van der Waals surface area contributed by atoms with Gasteiger partial charge in [-0.3, -0.25) is 0 Å². The second-order valence-electron chi connectivity index (χ2n) is 5.67. The number of hydrogen-bond acceptors (Lipinski definition) is 6. The molecule has 5 atom stereocenters. The van der Waals surface area contributed by atoms with E-state index in [1.54, 1.807) is 7.11 Å². The Hall–Kier alpha value is -1.44. The lowest BCUT2D eigenvalue weighted by atomic mass is 9.93. The Bertz CT molecular complexity index is 565. The summed E-state index contributed by atoms with van der Waals surface area (Å²) >= 11 is 1.53. The molecule has 1 fully saturated rings. The maximum absolute atomic E-state index is 10.6. The number of benzene rings is 1. The van der Waals surface area contributed by atoms with E-state index in [-0.39, 0.29) is 17.9 Å². The second kappa shape index (κ2) is 9.15. The average molecular weight is 353 g/mol. The average Bonchev–Trinajstić information content (AvgIpc) is 2.62. The van der Waals surface area contributed by atoms with E-state index in [9.17, 15) is 5.11 Å². The fourth-order valence-electron chi connectivity index (χ4n) is 2.71. The molecule has 2 unspecified atom stereocenters. The summed E-state index contributed by atoms with van der Waals surface area (Å²) in [7, 11) is 1.62. The van der Waals surface area contributed by atoms with Crippen molar-refractivity contribution < 1.29 is 19.3 Å². The Kier molecular flexibility index (Phi) is 7.20. The van der Waals surface area contributed by atoms with Gasteiger partial charge in [0, 0.05) is 10.8 Å². The lowest BCUT2D eigenvalue weighted by Gasteiger charge is -2.42. The molecule has 0 saturated carbocycles. The zero-order valence-electron chi connectivity index (χ0n) is 14.0. The van der Waals surface area contributed by atoms with E-state index in [1.165, 1.54) is 11.8 Å². The second-order valence-corrected chi connectivity index (χ2v) is 6.60. The first-order chi connectivity index (χ1) is 11.6. The van der Waals surface area contributed by atoms with Crippen LogP contribution in [0.25, 0.3) is 10.4 Å². The molecule has 0 amide bonds. The summed E-state index contributed by atoms with van der Waals surface area (Å²) in [6, 6.07) is 7.53. The minimum atomic E-state index is -0.687. The van der Waals surface area contributed by atoms with Crippen LogP contribution in [0.1, 0.15) is 12.5 Å². The number of nitrogens with zero attached hydrogens (tertiary/aromatic N) is 3. The predicted molar refractivity (Wildman–Crippen MR) is 92.9 cm³/mol. The predicted octanol–water partition coefficient (Wildman–Crippen LogP) is 2.98. The number of thioether (sulfide) groups is 1. The molecule has 1 aliphatic rings. The van der Waals surface area contributed by atoms with Crippen LogP contribution in [0.15, 0.2) is 29.4 Å². The largest absolute Gasteiger partial charge is 0.497 e. The van der Waals surface area contributed by atoms with Crippen molar-refractivity contribution >= 4 is 11.8 Å². The van der Waals surface area contributed by atoms with Gasteiger partial charge in [-0.1, -0.05) is 24.2 Å². The summed E-state index contributed by atoms with van der Waals surface area (Å²) in [5.41, 5.74) is 9.37. The summed E-state index contributed by atoms with van der Waals surface area (Å²) in [6.45, 7) is 2.39. The van der Waals surface area contributed by atoms with Crippen LogP contribution < -0.4 is 4.74 Å². The molecule has 0 aliphatic carbocycles. The number of methoxy groups -OCH3 is 1. The van der Waals surface area contributed by atoms with Gasteiger partial charge < -0.3 is 19.3 Å². The Morgan fingerprint density at radius 3 is 2.67 bits per heavy atom. The molecular formula is C16H23N3O4S. The molecule has 0 bridgehead atoms. The van der Waals surface area contributed by atoms with Gasteiger partial charge in [0.1, 0.15) is 17.3 Å². The van der Waals surface area contributed by atoms with Gasteiger partial charge in [0.05, 0.1) is 32.5 Å². The molecule has 7 nitrogen and oxygen atoms in total. The van der Waals surface area contributed by atoms with E-state index in [1.807, 2.05) is 37.4 Å². The minimum absolute atomic E-state index is 0.0804. The third kappa shape index (κ3) is 4.55. The van der Waals surface area contributed by atoms with Crippen LogP contribution in [0.4, 0.5) is 0 Å². The van der Waals surface area contributed by atoms with Crippen LogP contribution >= 0.6 is 11.8 Å². The van der Waals surface area contributed by atoms with Gasteiger partial charge in [0.2, 0.25) is 0 Å². The third-order valence-electron chi connectivity index (χ3n) is 4.14. The van der Waals surface area contributed by atoms with Crippen LogP contribution in [-0.4, -0.2) is 48.8 Å². The molecule has 1 heterocycles. The number of aliphatic hydroxyl groups excluding tert-OH is 1. The number of rotatable bonds is 7. The van der Waals surface area contributed by atoms with Gasteiger partial charge in [0.25, 0.3) is 0 Å². The van der Waals surface area contributed by atoms with Crippen molar-refractivity contribution in [3.8, 4) is 5.75 Å². The van der Waals surface area contributed by atoms with Crippen molar-refractivity contribution in [1.29, 1.82) is 0 Å². The Labute approximate surface area is 145 Å². The molecule has 2 rings (SSSR count). The molecule has 1 aromatic rings. The lowest BCUT2D eigenvalue weighted by Crippen LogP contribution is -2.54. The van der Waals surface area contributed by atoms with Crippen molar-refractivity contribution in [3.63, 3.8) is 0 Å². The highest BCUT2D eigenvalue weighted by atomic mass is 32.2. The van der Waals surface area contributed by atoms with Crippen molar-refractivity contribution in [3.05, 3.63) is 40.3 Å². The fourth-order valence-corrected chi connectivity index (χ4v) is 3.55. The number of aliphatic hydroxyl groups is 1. The number of hydrogen-bond donors (Lipinski definition) is 1. The first-order valence-electron chi connectivity index (χ1n) is 7.72. The molecule has 1 aliphatic heterocycles. The smallest absolute Gasteiger partial charge is 0.118 e. The van der Waals surface area contributed by atoms with E-state index < -0.39 is 18.3 Å². The van der Waals surface area contributed by atoms with E-state index in [4.69, 9.17) is 19.7 Å². The quantitative estimate of drug-likeness (QED) is 0.462. The first kappa shape index (κ1) is 18.9. The lowest BCUT2D eigenvalue weighted by molar-refractivity contribution is -0.191. The molecule has 8 heteroatoms. The molecule has 24 heavy (non-hydrogen) atoms. The van der Waals surface area contributed by atoms with Gasteiger partial charge in [-0.15, -0.1) is 11.8 Å². The topological polar surface area (TPSA) is 96.7 Å². The van der Waals surface area contributed by atoms with Gasteiger partial charge >= 0.3 is 0 Å². The van der Waals surface area contributed by atoms with E-state index in [2.05, 4.69) is 10.0 Å². The van der Waals surface area contributed by atoms with Gasteiger partial charge in [0.15, 0.2) is 0 Å². The zero-order valence-corrected chi connectivity index (χ0v) is 14.8. The zero-order chi connectivity index (χ0) is 17.5. The number of azide groups is 1. The van der Waals surface area contributed by atoms with E-state index in [0.29, 0.717) is 6.61 Å². The van der Waals surface area contributed by atoms with Gasteiger partial charge in [-0.2, -0.15) is 0 Å². The van der Waals surface area contributed by atoms with Crippen LogP contribution in [0.2, 0.25) is 0 Å². The normalized spacial score (nSPS) is 29.8. The van der Waals surface area contributed by atoms with Gasteiger partial charge in [-0.25, -0.2) is 0 Å². The van der Waals surface area contributed by atoms with Crippen LogP contribution in [0.3, 0.4) is 0 Å². The molecule has 0 aromatic heterocycles. The summed E-state index contributed by atoms with van der Waals surface area (Å²) in [5.74, 6) is 0.695. The summed E-state index contributed by atoms with van der Waals surface area (Å²) in [4.78, 5) is 2.78. The molecule has 1 aromatic carbocycles. The molecular weight excluding hydrogens is 330 g/mol. The van der Waals surface area contributed by atoms with Gasteiger partial charge in [-0.05, 0) is 29.5 Å². The molecule has 0 spiro atoms. The summed E-state index contributed by atoms with van der Waals surface area (Å²) in [5, 5.41) is 14.2. The Morgan fingerprint density at radius 1 is 1.38 bits per heavy atom. The van der Waals surface area contributed by atoms with Crippen molar-refractivity contribution in [2.75, 3.05) is 19.9 Å². The molecule has 0 radical (unpaired) electrons. The van der Waals surface area contributed by atoms with E-state index >= 15 is 0 Å². The van der Waals surface area contributed by atoms with Crippen LogP contribution in [0, 0.1) is 5.92 Å². The highest BCUT2D eigenvalue weighted by Crippen LogP contribution is 2.33. The van der Waals surface area contributed by atoms with Crippen molar-refractivity contribution in [2.24, 2.45) is 11.0 Å². The standard InChI is InChI=1S/C16H23N3O4S/c1-10-14(20)15(13(8-18-19-17)23-16(10)24-3)22-9-11-4-6-12(21-2)7-5-11/h4-7,10,13-16,20H,8-9H2,1-3H3/t10?,13?,14-,15-,16+/m1/s1. The fraction of sp³-hybridized carbons (Fsp3) is 0.625. The molecule has 1 N–H and O–H groups in total. The van der Waals surface area contributed by atoms with E-state index in [0.717, 1.165) is 11.3 Å². The third-order valence-corrected chi connectivity index (χ3v) is 5.14. The number of ether oxygens (including phenoxy) is 3. The minimum Gasteiger partial charge on any atom is -0.497 e. The van der Waals surface area contributed by atoms with Crippen LogP contribution in [-0.2, 0) is 16.1 Å².